The van der Waals surface area contributed by atoms with Crippen LogP contribution in [-0.4, -0.2) is 38.8 Å². The molecule has 0 radical (unpaired) electrons. The lowest BCUT2D eigenvalue weighted by molar-refractivity contribution is -0.113. The highest BCUT2D eigenvalue weighted by Gasteiger charge is 2.28. The number of nitrogens with zero attached hydrogens (tertiary/aromatic N) is 4. The Labute approximate surface area is 239 Å². The SMILES string of the molecule is Cc1ccc(COc2cccc(-c3nn(-c4ccccc4)cc3C=C3SC(N4CCC(C)CC4)=NC3=O)c2)cc1. The van der Waals surface area contributed by atoms with Gasteiger partial charge < -0.3 is 9.64 Å². The minimum Gasteiger partial charge on any atom is -0.489 e. The lowest BCUT2D eigenvalue weighted by Gasteiger charge is -2.30. The van der Waals surface area contributed by atoms with Crippen molar-refractivity contribution in [3.05, 3.63) is 107 Å². The first-order chi connectivity index (χ1) is 19.5. The van der Waals surface area contributed by atoms with Crippen molar-refractivity contribution in [3.63, 3.8) is 0 Å². The van der Waals surface area contributed by atoms with Gasteiger partial charge in [-0.05, 0) is 73.4 Å². The molecule has 0 aliphatic carbocycles. The Morgan fingerprint density at radius 2 is 1.77 bits per heavy atom. The van der Waals surface area contributed by atoms with Crippen LogP contribution in [0.15, 0.2) is 95.0 Å². The number of piperidine rings is 1. The smallest absolute Gasteiger partial charge is 0.286 e. The quantitative estimate of drug-likeness (QED) is 0.240. The first-order valence-corrected chi connectivity index (χ1v) is 14.5. The van der Waals surface area contributed by atoms with E-state index < -0.39 is 0 Å². The molecule has 0 unspecified atom stereocenters. The maximum atomic E-state index is 13.0. The number of ether oxygens (including phenoxy) is 1. The van der Waals surface area contributed by atoms with Crippen LogP contribution < -0.4 is 4.74 Å². The molecule has 0 spiro atoms. The fourth-order valence-electron chi connectivity index (χ4n) is 4.89. The molecule has 0 atom stereocenters. The molecule has 0 N–H and O–H groups in total. The van der Waals surface area contributed by atoms with Gasteiger partial charge in [0.05, 0.1) is 10.6 Å². The molecule has 2 aliphatic rings. The largest absolute Gasteiger partial charge is 0.489 e. The van der Waals surface area contributed by atoms with E-state index in [2.05, 4.69) is 48.0 Å². The number of aromatic nitrogens is 2. The normalized spacial score (nSPS) is 16.9. The molecule has 1 fully saturated rings. The topological polar surface area (TPSA) is 59.7 Å². The van der Waals surface area contributed by atoms with Crippen molar-refractivity contribution >= 4 is 28.9 Å². The zero-order valence-corrected chi connectivity index (χ0v) is 23.6. The fourth-order valence-corrected chi connectivity index (χ4v) is 5.84. The zero-order chi connectivity index (χ0) is 27.5. The van der Waals surface area contributed by atoms with Gasteiger partial charge in [0, 0.05) is 30.4 Å². The monoisotopic (exact) mass is 548 g/mol. The fraction of sp³-hybridized carbons (Fsp3) is 0.242. The van der Waals surface area contributed by atoms with Crippen LogP contribution >= 0.6 is 11.8 Å². The van der Waals surface area contributed by atoms with Crippen molar-refractivity contribution in [2.24, 2.45) is 10.9 Å². The Balaban J connectivity index is 1.29. The number of aryl methyl sites for hydroxylation is 1. The molecule has 6 rings (SSSR count). The van der Waals surface area contributed by atoms with Gasteiger partial charge in [-0.3, -0.25) is 4.79 Å². The Morgan fingerprint density at radius 1 is 1.00 bits per heavy atom. The number of benzene rings is 3. The highest BCUT2D eigenvalue weighted by Crippen LogP contribution is 2.35. The third-order valence-electron chi connectivity index (χ3n) is 7.35. The Hall–Kier alpha value is -4.10. The summed E-state index contributed by atoms with van der Waals surface area (Å²) in [5.41, 5.74) is 5.85. The molecule has 40 heavy (non-hydrogen) atoms. The van der Waals surface area contributed by atoms with E-state index in [9.17, 15) is 4.79 Å². The minimum absolute atomic E-state index is 0.188. The lowest BCUT2D eigenvalue weighted by Crippen LogP contribution is -2.35. The Kier molecular flexibility index (Phi) is 7.55. The average Bonchev–Trinajstić information content (AvgIpc) is 3.57. The third-order valence-corrected chi connectivity index (χ3v) is 8.39. The van der Waals surface area contributed by atoms with Crippen LogP contribution in [0.2, 0.25) is 0 Å². The van der Waals surface area contributed by atoms with Gasteiger partial charge in [-0.25, -0.2) is 4.68 Å². The summed E-state index contributed by atoms with van der Waals surface area (Å²) in [7, 11) is 0. The lowest BCUT2D eigenvalue weighted by atomic mass is 10.00. The molecular formula is C33H32N4O2S. The van der Waals surface area contributed by atoms with Gasteiger partial charge in [-0.2, -0.15) is 10.1 Å². The van der Waals surface area contributed by atoms with Gasteiger partial charge in [-0.15, -0.1) is 0 Å². The number of hydrogen-bond donors (Lipinski definition) is 0. The van der Waals surface area contributed by atoms with Crippen molar-refractivity contribution in [3.8, 4) is 22.7 Å². The summed E-state index contributed by atoms with van der Waals surface area (Å²) in [6.07, 6.45) is 6.16. The maximum absolute atomic E-state index is 13.0. The van der Waals surface area contributed by atoms with E-state index in [-0.39, 0.29) is 5.91 Å². The van der Waals surface area contributed by atoms with Crippen LogP contribution in [-0.2, 0) is 11.4 Å². The Morgan fingerprint density at radius 3 is 2.55 bits per heavy atom. The molecule has 3 heterocycles. The number of carbonyl (C=O) groups is 1. The van der Waals surface area contributed by atoms with Crippen LogP contribution in [0.5, 0.6) is 5.75 Å². The van der Waals surface area contributed by atoms with E-state index in [1.807, 2.05) is 71.6 Å². The molecular weight excluding hydrogens is 516 g/mol. The number of thioether (sulfide) groups is 1. The second-order valence-corrected chi connectivity index (χ2v) is 11.5. The minimum atomic E-state index is -0.188. The van der Waals surface area contributed by atoms with Crippen LogP contribution in [0.25, 0.3) is 23.0 Å². The number of hydrogen-bond acceptors (Lipinski definition) is 5. The van der Waals surface area contributed by atoms with Gasteiger partial charge in [-0.1, -0.05) is 67.1 Å². The molecule has 3 aromatic carbocycles. The van der Waals surface area contributed by atoms with E-state index in [4.69, 9.17) is 9.84 Å². The van der Waals surface area contributed by atoms with E-state index in [1.165, 1.54) is 17.3 Å². The first-order valence-electron chi connectivity index (χ1n) is 13.7. The summed E-state index contributed by atoms with van der Waals surface area (Å²) >= 11 is 1.47. The van der Waals surface area contributed by atoms with Crippen molar-refractivity contribution in [1.82, 2.24) is 14.7 Å². The average molecular weight is 549 g/mol. The third kappa shape index (κ3) is 5.89. The predicted octanol–water partition coefficient (Wildman–Crippen LogP) is 7.13. The van der Waals surface area contributed by atoms with Crippen LogP contribution in [0.3, 0.4) is 0 Å². The van der Waals surface area contributed by atoms with Crippen molar-refractivity contribution < 1.29 is 9.53 Å². The maximum Gasteiger partial charge on any atom is 0.286 e. The number of likely N-dealkylation sites (tertiary alicyclic amines) is 1. The first kappa shape index (κ1) is 26.1. The van der Waals surface area contributed by atoms with Crippen molar-refractivity contribution in [1.29, 1.82) is 0 Å². The summed E-state index contributed by atoms with van der Waals surface area (Å²) in [5.74, 6) is 1.30. The van der Waals surface area contributed by atoms with Gasteiger partial charge in [0.15, 0.2) is 5.17 Å². The van der Waals surface area contributed by atoms with Gasteiger partial charge in [0.1, 0.15) is 18.1 Å². The molecule has 2 aliphatic heterocycles. The second kappa shape index (κ2) is 11.6. The van der Waals surface area contributed by atoms with E-state index >= 15 is 0 Å². The molecule has 202 valence electrons. The summed E-state index contributed by atoms with van der Waals surface area (Å²) in [4.78, 5) is 20.2. The van der Waals surface area contributed by atoms with Crippen molar-refractivity contribution in [2.45, 2.75) is 33.3 Å². The molecule has 4 aromatic rings. The molecule has 7 heteroatoms. The molecule has 0 bridgehead atoms. The summed E-state index contributed by atoms with van der Waals surface area (Å²) in [6.45, 7) is 6.74. The number of amidine groups is 1. The van der Waals surface area contributed by atoms with Crippen LogP contribution in [0, 0.1) is 12.8 Å². The standard InChI is InChI=1S/C33H32N4O2S/c1-23-11-13-25(14-12-23)22-39-29-10-6-7-26(19-29)31-27(21-37(35-31)28-8-4-3-5-9-28)20-30-32(38)34-33(40-30)36-17-15-24(2)16-18-36/h3-14,19-21,24H,15-18,22H2,1-2H3. The van der Waals surface area contributed by atoms with E-state index in [1.54, 1.807) is 0 Å². The van der Waals surface area contributed by atoms with E-state index in [0.717, 1.165) is 70.8 Å². The molecule has 1 amide bonds. The number of aliphatic imine (C=N–C) groups is 1. The summed E-state index contributed by atoms with van der Waals surface area (Å²) in [5, 5.41) is 5.76. The molecule has 1 saturated heterocycles. The van der Waals surface area contributed by atoms with Crippen LogP contribution in [0.1, 0.15) is 36.5 Å². The summed E-state index contributed by atoms with van der Waals surface area (Å²) < 4.78 is 7.99. The molecule has 1 aromatic heterocycles. The number of rotatable bonds is 6. The van der Waals surface area contributed by atoms with E-state index in [0.29, 0.717) is 11.5 Å². The van der Waals surface area contributed by atoms with Gasteiger partial charge >= 0.3 is 0 Å². The highest BCUT2D eigenvalue weighted by molar-refractivity contribution is 8.18. The second-order valence-electron chi connectivity index (χ2n) is 10.5. The highest BCUT2D eigenvalue weighted by atomic mass is 32.2. The predicted molar refractivity (Wildman–Crippen MR) is 162 cm³/mol. The van der Waals surface area contributed by atoms with Gasteiger partial charge in [0.25, 0.3) is 5.91 Å². The molecule has 6 nitrogen and oxygen atoms in total. The van der Waals surface area contributed by atoms with Gasteiger partial charge in [0.2, 0.25) is 0 Å². The number of carbonyl (C=O) groups excluding carboxylic acids is 1. The van der Waals surface area contributed by atoms with Crippen LogP contribution in [0.4, 0.5) is 0 Å². The zero-order valence-electron chi connectivity index (χ0n) is 22.8. The molecule has 0 saturated carbocycles. The number of amides is 1. The number of para-hydroxylation sites is 1. The summed E-state index contributed by atoms with van der Waals surface area (Å²) in [6, 6.07) is 26.3. The Bertz CT molecular complexity index is 1570. The van der Waals surface area contributed by atoms with Crippen molar-refractivity contribution in [2.75, 3.05) is 13.1 Å².